The Balaban J connectivity index is 2.05. The highest BCUT2D eigenvalue weighted by molar-refractivity contribution is 6.30. The van der Waals surface area contributed by atoms with Crippen molar-refractivity contribution in [1.82, 2.24) is 4.98 Å². The molecule has 20 heavy (non-hydrogen) atoms. The largest absolute Gasteiger partial charge is 0.248 e. The molecule has 0 unspecified atom stereocenters. The lowest BCUT2D eigenvalue weighted by molar-refractivity contribution is 1.27. The summed E-state index contributed by atoms with van der Waals surface area (Å²) in [5.74, 6) is 0. The van der Waals surface area contributed by atoms with Crippen molar-refractivity contribution in [3.8, 4) is 17.3 Å². The molecule has 0 atom stereocenters. The van der Waals surface area contributed by atoms with Gasteiger partial charge in [-0.15, -0.1) is 0 Å². The molecule has 0 aliphatic rings. The van der Waals surface area contributed by atoms with E-state index in [2.05, 4.69) is 11.1 Å². The summed E-state index contributed by atoms with van der Waals surface area (Å²) in [5, 5.41) is 10.5. The fourth-order valence-corrected chi connectivity index (χ4v) is 2.28. The summed E-state index contributed by atoms with van der Waals surface area (Å²) < 4.78 is 0. The summed E-state index contributed by atoms with van der Waals surface area (Å²) in [6.07, 6.45) is 0.425. The molecule has 3 aromatic rings. The normalized spacial score (nSPS) is 10.4. The van der Waals surface area contributed by atoms with Gasteiger partial charge in [-0.3, -0.25) is 0 Å². The first kappa shape index (κ1) is 12.7. The molecular weight excluding hydrogens is 268 g/mol. The van der Waals surface area contributed by atoms with E-state index in [0.717, 1.165) is 32.7 Å². The Kier molecular flexibility index (Phi) is 3.37. The third-order valence-corrected chi connectivity index (χ3v) is 3.43. The van der Waals surface area contributed by atoms with Gasteiger partial charge < -0.3 is 0 Å². The molecule has 3 heteroatoms. The molecule has 0 N–H and O–H groups in total. The van der Waals surface area contributed by atoms with Gasteiger partial charge in [0.05, 0.1) is 23.7 Å². The highest BCUT2D eigenvalue weighted by Gasteiger charge is 2.02. The second-order valence-corrected chi connectivity index (χ2v) is 5.00. The summed E-state index contributed by atoms with van der Waals surface area (Å²) in [7, 11) is 0. The minimum Gasteiger partial charge on any atom is -0.248 e. The molecule has 96 valence electrons. The van der Waals surface area contributed by atoms with Crippen LogP contribution in [-0.2, 0) is 6.42 Å². The molecule has 0 saturated carbocycles. The average molecular weight is 279 g/mol. The Labute approximate surface area is 122 Å². The number of nitrogens with zero attached hydrogens (tertiary/aromatic N) is 2. The van der Waals surface area contributed by atoms with E-state index in [-0.39, 0.29) is 0 Å². The molecule has 0 aliphatic carbocycles. The lowest BCUT2D eigenvalue weighted by atomic mass is 10.1. The van der Waals surface area contributed by atoms with Gasteiger partial charge >= 0.3 is 0 Å². The van der Waals surface area contributed by atoms with Crippen molar-refractivity contribution in [2.75, 3.05) is 0 Å². The number of hydrogen-bond donors (Lipinski definition) is 0. The maximum absolute atomic E-state index is 8.73. The van der Waals surface area contributed by atoms with Crippen molar-refractivity contribution in [2.45, 2.75) is 6.42 Å². The van der Waals surface area contributed by atoms with Crippen molar-refractivity contribution >= 4 is 22.5 Å². The summed E-state index contributed by atoms with van der Waals surface area (Å²) in [4.78, 5) is 4.65. The van der Waals surface area contributed by atoms with Crippen LogP contribution in [0.25, 0.3) is 22.2 Å². The standard InChI is InChI=1S/C17H11ClN2/c18-15-5-2-13(3-6-15)16-8-4-14-11-12(9-10-19)1-7-17(14)20-16/h1-8,11H,9H2. The Morgan fingerprint density at radius 1 is 1.00 bits per heavy atom. The van der Waals surface area contributed by atoms with E-state index < -0.39 is 0 Å². The quantitative estimate of drug-likeness (QED) is 0.686. The number of pyridine rings is 1. The van der Waals surface area contributed by atoms with Gasteiger partial charge in [-0.2, -0.15) is 5.26 Å². The van der Waals surface area contributed by atoms with Crippen LogP contribution in [0.2, 0.25) is 5.02 Å². The monoisotopic (exact) mass is 278 g/mol. The number of aromatic nitrogens is 1. The van der Waals surface area contributed by atoms with E-state index in [0.29, 0.717) is 6.42 Å². The topological polar surface area (TPSA) is 36.7 Å². The summed E-state index contributed by atoms with van der Waals surface area (Å²) in [5.41, 5.74) is 3.90. The first-order valence-corrected chi connectivity index (χ1v) is 6.66. The molecule has 0 radical (unpaired) electrons. The molecule has 2 nitrogen and oxygen atoms in total. The zero-order chi connectivity index (χ0) is 13.9. The number of rotatable bonds is 2. The SMILES string of the molecule is N#CCc1ccc2nc(-c3ccc(Cl)cc3)ccc2c1. The van der Waals surface area contributed by atoms with Gasteiger partial charge in [-0.25, -0.2) is 4.98 Å². The van der Waals surface area contributed by atoms with Crippen molar-refractivity contribution in [1.29, 1.82) is 5.26 Å². The molecule has 0 fully saturated rings. The fraction of sp³-hybridized carbons (Fsp3) is 0.0588. The van der Waals surface area contributed by atoms with Gasteiger partial charge in [0.15, 0.2) is 0 Å². The third-order valence-electron chi connectivity index (χ3n) is 3.18. The fourth-order valence-electron chi connectivity index (χ4n) is 2.16. The highest BCUT2D eigenvalue weighted by Crippen LogP contribution is 2.23. The molecular formula is C17H11ClN2. The molecule has 3 rings (SSSR count). The molecule has 0 aliphatic heterocycles. The Morgan fingerprint density at radius 3 is 2.55 bits per heavy atom. The number of nitriles is 1. The molecule has 1 heterocycles. The van der Waals surface area contributed by atoms with Crippen LogP contribution in [0, 0.1) is 11.3 Å². The van der Waals surface area contributed by atoms with Crippen LogP contribution in [0.15, 0.2) is 54.6 Å². The lowest BCUT2D eigenvalue weighted by Gasteiger charge is -2.04. The smallest absolute Gasteiger partial charge is 0.0709 e. The Morgan fingerprint density at radius 2 is 1.80 bits per heavy atom. The number of benzene rings is 2. The molecule has 0 bridgehead atoms. The molecule has 1 aromatic heterocycles. The van der Waals surface area contributed by atoms with Crippen molar-refractivity contribution < 1.29 is 0 Å². The van der Waals surface area contributed by atoms with E-state index in [4.69, 9.17) is 16.9 Å². The number of hydrogen-bond acceptors (Lipinski definition) is 2. The summed E-state index contributed by atoms with van der Waals surface area (Å²) >= 11 is 5.89. The van der Waals surface area contributed by atoms with Gasteiger partial charge in [-0.05, 0) is 35.9 Å². The maximum Gasteiger partial charge on any atom is 0.0709 e. The minimum absolute atomic E-state index is 0.425. The van der Waals surface area contributed by atoms with E-state index in [1.54, 1.807) is 0 Å². The first-order valence-electron chi connectivity index (χ1n) is 6.29. The zero-order valence-corrected chi connectivity index (χ0v) is 11.4. The summed E-state index contributed by atoms with van der Waals surface area (Å²) in [6, 6.07) is 19.7. The van der Waals surface area contributed by atoms with Crippen LogP contribution < -0.4 is 0 Å². The third kappa shape index (κ3) is 2.49. The Hall–Kier alpha value is -2.37. The van der Waals surface area contributed by atoms with Gasteiger partial charge in [0.25, 0.3) is 0 Å². The zero-order valence-electron chi connectivity index (χ0n) is 10.7. The van der Waals surface area contributed by atoms with Crippen molar-refractivity contribution in [3.05, 3.63) is 65.2 Å². The van der Waals surface area contributed by atoms with E-state index in [1.165, 1.54) is 0 Å². The van der Waals surface area contributed by atoms with E-state index >= 15 is 0 Å². The van der Waals surface area contributed by atoms with Crippen molar-refractivity contribution in [3.63, 3.8) is 0 Å². The van der Waals surface area contributed by atoms with Crippen LogP contribution in [-0.4, -0.2) is 4.98 Å². The predicted molar refractivity (Wildman–Crippen MR) is 81.5 cm³/mol. The van der Waals surface area contributed by atoms with Crippen LogP contribution in [0.3, 0.4) is 0 Å². The second-order valence-electron chi connectivity index (χ2n) is 4.57. The van der Waals surface area contributed by atoms with Crippen LogP contribution >= 0.6 is 11.6 Å². The summed E-state index contributed by atoms with van der Waals surface area (Å²) in [6.45, 7) is 0. The average Bonchev–Trinajstić information content (AvgIpc) is 2.48. The van der Waals surface area contributed by atoms with Gasteiger partial charge in [-0.1, -0.05) is 35.9 Å². The second kappa shape index (κ2) is 5.32. The highest BCUT2D eigenvalue weighted by atomic mass is 35.5. The Bertz CT molecular complexity index is 801. The molecule has 0 saturated heterocycles. The molecule has 2 aromatic carbocycles. The van der Waals surface area contributed by atoms with E-state index in [1.807, 2.05) is 54.6 Å². The van der Waals surface area contributed by atoms with Crippen LogP contribution in [0.4, 0.5) is 0 Å². The lowest BCUT2D eigenvalue weighted by Crippen LogP contribution is -1.87. The van der Waals surface area contributed by atoms with E-state index in [9.17, 15) is 0 Å². The molecule has 0 amide bonds. The minimum atomic E-state index is 0.425. The predicted octanol–water partition coefficient (Wildman–Crippen LogP) is 4.62. The van der Waals surface area contributed by atoms with Crippen LogP contribution in [0.5, 0.6) is 0 Å². The van der Waals surface area contributed by atoms with Gasteiger partial charge in [0.1, 0.15) is 0 Å². The molecule has 0 spiro atoms. The number of halogens is 1. The first-order chi connectivity index (χ1) is 9.76. The van der Waals surface area contributed by atoms with Gasteiger partial charge in [0, 0.05) is 16.0 Å². The number of fused-ring (bicyclic) bond motifs is 1. The van der Waals surface area contributed by atoms with Crippen LogP contribution in [0.1, 0.15) is 5.56 Å². The van der Waals surface area contributed by atoms with Crippen molar-refractivity contribution in [2.24, 2.45) is 0 Å². The maximum atomic E-state index is 8.73. The van der Waals surface area contributed by atoms with Gasteiger partial charge in [0.2, 0.25) is 0 Å².